The number of halogens is 1. The lowest BCUT2D eigenvalue weighted by molar-refractivity contribution is -0.118. The van der Waals surface area contributed by atoms with Gasteiger partial charge in [-0.25, -0.2) is 4.98 Å². The number of rotatable bonds is 5. The molecule has 1 aromatic heterocycles. The third-order valence-corrected chi connectivity index (χ3v) is 4.83. The number of hydrogen-bond acceptors (Lipinski definition) is 3. The van der Waals surface area contributed by atoms with E-state index >= 15 is 0 Å². The fourth-order valence-corrected chi connectivity index (χ4v) is 3.19. The van der Waals surface area contributed by atoms with Crippen LogP contribution in [-0.2, 0) is 11.3 Å². The molecule has 26 heavy (non-hydrogen) atoms. The Balaban J connectivity index is 1.97. The first-order valence-electron chi connectivity index (χ1n) is 8.55. The molecule has 0 saturated carbocycles. The fraction of sp³-hybridized carbons (Fsp3) is 0.300. The van der Waals surface area contributed by atoms with Crippen molar-refractivity contribution < 1.29 is 4.79 Å². The van der Waals surface area contributed by atoms with Gasteiger partial charge in [0.25, 0.3) is 0 Å². The van der Waals surface area contributed by atoms with Gasteiger partial charge in [0.15, 0.2) is 0 Å². The molecule has 1 N–H and O–H groups in total. The maximum Gasteiger partial charge on any atom is 0.247 e. The van der Waals surface area contributed by atoms with Gasteiger partial charge >= 0.3 is 0 Å². The van der Waals surface area contributed by atoms with Crippen LogP contribution >= 0.6 is 11.6 Å². The largest absolute Gasteiger partial charge is 0.324 e. The summed E-state index contributed by atoms with van der Waals surface area (Å²) in [6.07, 6.45) is 0. The minimum absolute atomic E-state index is 0.0986. The van der Waals surface area contributed by atoms with Crippen LogP contribution in [0, 0.1) is 6.92 Å². The van der Waals surface area contributed by atoms with Crippen LogP contribution in [0.15, 0.2) is 42.5 Å². The molecule has 3 aromatic rings. The van der Waals surface area contributed by atoms with E-state index < -0.39 is 6.04 Å². The number of benzene rings is 2. The monoisotopic (exact) mass is 370 g/mol. The highest BCUT2D eigenvalue weighted by atomic mass is 35.5. The van der Waals surface area contributed by atoms with Gasteiger partial charge in [-0.2, -0.15) is 0 Å². The Morgan fingerprint density at radius 3 is 2.69 bits per heavy atom. The van der Waals surface area contributed by atoms with Gasteiger partial charge in [0, 0.05) is 10.7 Å². The van der Waals surface area contributed by atoms with Crippen LogP contribution in [0.5, 0.6) is 0 Å². The summed E-state index contributed by atoms with van der Waals surface area (Å²) in [4.78, 5) is 19.7. The van der Waals surface area contributed by atoms with Crippen LogP contribution < -0.4 is 5.32 Å². The third-order valence-electron chi connectivity index (χ3n) is 4.42. The fourth-order valence-electron chi connectivity index (χ4n) is 3.02. The summed E-state index contributed by atoms with van der Waals surface area (Å²) in [7, 11) is 3.98. The second-order valence-corrected chi connectivity index (χ2v) is 7.11. The molecule has 0 aliphatic heterocycles. The molecule has 1 unspecified atom stereocenters. The number of nitrogens with zero attached hydrogens (tertiary/aromatic N) is 3. The van der Waals surface area contributed by atoms with Crippen molar-refractivity contribution in [3.05, 3.63) is 58.9 Å². The number of carbonyl (C=O) groups excluding carboxylic acids is 1. The lowest BCUT2D eigenvalue weighted by atomic mass is 10.2. The Hall–Kier alpha value is -2.37. The van der Waals surface area contributed by atoms with Crippen LogP contribution in [0.1, 0.15) is 24.4 Å². The van der Waals surface area contributed by atoms with Crippen molar-refractivity contribution in [2.24, 2.45) is 0 Å². The predicted octanol–water partition coefficient (Wildman–Crippen LogP) is 4.26. The second-order valence-electron chi connectivity index (χ2n) is 6.70. The summed E-state index contributed by atoms with van der Waals surface area (Å²) in [5, 5.41) is 3.63. The lowest BCUT2D eigenvalue weighted by Gasteiger charge is -2.20. The van der Waals surface area contributed by atoms with Crippen LogP contribution in [0.2, 0.25) is 5.02 Å². The molecule has 2 aromatic carbocycles. The maximum absolute atomic E-state index is 12.9. The predicted molar refractivity (Wildman–Crippen MR) is 107 cm³/mol. The number of para-hydroxylation sites is 2. The Morgan fingerprint density at radius 2 is 1.96 bits per heavy atom. The molecule has 0 radical (unpaired) electrons. The molecule has 1 heterocycles. The number of aromatic nitrogens is 2. The van der Waals surface area contributed by atoms with Gasteiger partial charge in [-0.05, 0) is 57.8 Å². The first kappa shape index (κ1) is 18.4. The molecular weight excluding hydrogens is 348 g/mol. The number of hydrogen-bond donors (Lipinski definition) is 1. The van der Waals surface area contributed by atoms with E-state index in [0.717, 1.165) is 28.1 Å². The molecule has 6 heteroatoms. The average molecular weight is 371 g/mol. The smallest absolute Gasteiger partial charge is 0.247 e. The molecule has 1 atom stereocenters. The highest BCUT2D eigenvalue weighted by Crippen LogP contribution is 2.26. The van der Waals surface area contributed by atoms with E-state index in [-0.39, 0.29) is 5.91 Å². The minimum Gasteiger partial charge on any atom is -0.324 e. The Morgan fingerprint density at radius 1 is 1.23 bits per heavy atom. The quantitative estimate of drug-likeness (QED) is 0.730. The standard InChI is InChI=1S/C20H23ClN4O/c1-13-15(21)8-7-10-16(13)23-20(26)14(2)25-18-11-6-5-9-17(18)22-19(25)12-24(3)4/h5-11,14H,12H2,1-4H3,(H,23,26). The topological polar surface area (TPSA) is 50.2 Å². The normalized spacial score (nSPS) is 12.5. The Labute approximate surface area is 158 Å². The average Bonchev–Trinajstić information content (AvgIpc) is 2.95. The van der Waals surface area contributed by atoms with Crippen LogP contribution in [0.25, 0.3) is 11.0 Å². The molecule has 0 aliphatic rings. The van der Waals surface area contributed by atoms with E-state index in [9.17, 15) is 4.79 Å². The van der Waals surface area contributed by atoms with Gasteiger partial charge in [-0.15, -0.1) is 0 Å². The molecule has 136 valence electrons. The molecule has 5 nitrogen and oxygen atoms in total. The first-order chi connectivity index (χ1) is 12.4. The molecule has 1 amide bonds. The van der Waals surface area contributed by atoms with E-state index in [4.69, 9.17) is 16.6 Å². The van der Waals surface area contributed by atoms with Crippen molar-refractivity contribution in [2.45, 2.75) is 26.4 Å². The van der Waals surface area contributed by atoms with Gasteiger partial charge in [0.2, 0.25) is 5.91 Å². The minimum atomic E-state index is -0.407. The maximum atomic E-state index is 12.9. The zero-order chi connectivity index (χ0) is 18.8. The summed E-state index contributed by atoms with van der Waals surface area (Å²) in [6, 6.07) is 13.0. The van der Waals surface area contributed by atoms with E-state index in [1.54, 1.807) is 0 Å². The summed E-state index contributed by atoms with van der Waals surface area (Å²) in [6.45, 7) is 4.44. The summed E-state index contributed by atoms with van der Waals surface area (Å²) in [5.74, 6) is 0.764. The Bertz CT molecular complexity index is 948. The summed E-state index contributed by atoms with van der Waals surface area (Å²) >= 11 is 6.17. The molecular formula is C20H23ClN4O. The van der Waals surface area contributed by atoms with Crippen LogP contribution in [0.4, 0.5) is 5.69 Å². The highest BCUT2D eigenvalue weighted by Gasteiger charge is 2.22. The number of nitrogens with one attached hydrogen (secondary N) is 1. The first-order valence-corrected chi connectivity index (χ1v) is 8.93. The molecule has 0 bridgehead atoms. The molecule has 3 rings (SSSR count). The van der Waals surface area contributed by atoms with Crippen molar-refractivity contribution in [3.63, 3.8) is 0 Å². The number of carbonyl (C=O) groups is 1. The van der Waals surface area contributed by atoms with E-state index in [2.05, 4.69) is 5.32 Å². The summed E-state index contributed by atoms with van der Waals surface area (Å²) in [5.41, 5.74) is 3.43. The summed E-state index contributed by atoms with van der Waals surface area (Å²) < 4.78 is 2.00. The molecule has 0 saturated heterocycles. The van der Waals surface area contributed by atoms with E-state index in [0.29, 0.717) is 11.6 Å². The van der Waals surface area contributed by atoms with Gasteiger partial charge in [0.1, 0.15) is 11.9 Å². The zero-order valence-electron chi connectivity index (χ0n) is 15.5. The lowest BCUT2D eigenvalue weighted by Crippen LogP contribution is -2.26. The van der Waals surface area contributed by atoms with Gasteiger partial charge < -0.3 is 14.8 Å². The van der Waals surface area contributed by atoms with Crippen molar-refractivity contribution >= 4 is 34.2 Å². The number of fused-ring (bicyclic) bond motifs is 1. The second kappa shape index (κ2) is 7.48. The van der Waals surface area contributed by atoms with Crippen LogP contribution in [-0.4, -0.2) is 34.5 Å². The Kier molecular flexibility index (Phi) is 5.30. The number of imidazole rings is 1. The molecule has 0 fully saturated rings. The van der Waals surface area contributed by atoms with Crippen molar-refractivity contribution in [1.29, 1.82) is 0 Å². The number of amides is 1. The molecule has 0 aliphatic carbocycles. The third kappa shape index (κ3) is 3.59. The van der Waals surface area contributed by atoms with Crippen molar-refractivity contribution in [2.75, 3.05) is 19.4 Å². The van der Waals surface area contributed by atoms with E-state index in [1.165, 1.54) is 0 Å². The zero-order valence-corrected chi connectivity index (χ0v) is 16.2. The van der Waals surface area contributed by atoms with Crippen LogP contribution in [0.3, 0.4) is 0 Å². The van der Waals surface area contributed by atoms with Gasteiger partial charge in [-0.1, -0.05) is 29.8 Å². The molecule has 0 spiro atoms. The van der Waals surface area contributed by atoms with Gasteiger partial charge in [-0.3, -0.25) is 4.79 Å². The van der Waals surface area contributed by atoms with Crippen molar-refractivity contribution in [1.82, 2.24) is 14.5 Å². The highest BCUT2D eigenvalue weighted by molar-refractivity contribution is 6.31. The van der Waals surface area contributed by atoms with Gasteiger partial charge in [0.05, 0.1) is 17.6 Å². The number of anilines is 1. The van der Waals surface area contributed by atoms with E-state index in [1.807, 2.05) is 79.9 Å². The SMILES string of the molecule is Cc1c(Cl)cccc1NC(=O)C(C)n1c(CN(C)C)nc2ccccc21. The van der Waals surface area contributed by atoms with Crippen molar-refractivity contribution in [3.8, 4) is 0 Å².